The number of benzene rings is 1. The monoisotopic (exact) mass is 492 g/mol. The summed E-state index contributed by atoms with van der Waals surface area (Å²) >= 11 is 0. The molecule has 192 valence electrons. The number of likely N-dealkylation sites (N-methyl/N-ethyl adjacent to an activating group) is 1. The van der Waals surface area contributed by atoms with Crippen molar-refractivity contribution >= 4 is 23.3 Å². The van der Waals surface area contributed by atoms with Crippen LogP contribution in [0.25, 0.3) is 0 Å². The quantitative estimate of drug-likeness (QED) is 0.628. The van der Waals surface area contributed by atoms with Crippen LogP contribution in [0.2, 0.25) is 0 Å². The molecule has 0 bridgehead atoms. The molecule has 1 atom stereocenters. The Hall–Kier alpha value is -3.25. The van der Waals surface area contributed by atoms with Crippen LogP contribution in [-0.2, 0) is 22.4 Å². The first-order valence-corrected chi connectivity index (χ1v) is 13.0. The van der Waals surface area contributed by atoms with Crippen molar-refractivity contribution < 1.29 is 14.3 Å². The number of hydrogen-bond donors (Lipinski definition) is 0. The zero-order valence-electron chi connectivity index (χ0n) is 21.8. The third kappa shape index (κ3) is 4.17. The molecule has 0 aliphatic carbocycles. The summed E-state index contributed by atoms with van der Waals surface area (Å²) in [4.78, 5) is 18.7. The van der Waals surface area contributed by atoms with E-state index >= 15 is 0 Å². The van der Waals surface area contributed by atoms with Crippen LogP contribution in [0.15, 0.2) is 12.1 Å². The van der Waals surface area contributed by atoms with Crippen molar-refractivity contribution in [2.75, 3.05) is 56.8 Å². The summed E-state index contributed by atoms with van der Waals surface area (Å²) in [6.45, 7) is 8.50. The Bertz CT molecular complexity index is 1180. The number of carbonyl (C=O) groups excluding carboxylic acids is 1. The van der Waals surface area contributed by atoms with E-state index in [-0.39, 0.29) is 6.09 Å². The van der Waals surface area contributed by atoms with Gasteiger partial charge in [-0.05, 0) is 42.9 Å². The molecule has 1 amide bonds. The van der Waals surface area contributed by atoms with Gasteiger partial charge in [-0.2, -0.15) is 10.4 Å². The smallest absolute Gasteiger partial charge is 0.409 e. The van der Waals surface area contributed by atoms with Gasteiger partial charge in [0.05, 0.1) is 42.7 Å². The lowest BCUT2D eigenvalue weighted by molar-refractivity contribution is 0.0649. The molecule has 1 aromatic heterocycles. The fourth-order valence-corrected chi connectivity index (χ4v) is 5.71. The van der Waals surface area contributed by atoms with Crippen molar-refractivity contribution in [2.45, 2.75) is 58.0 Å². The van der Waals surface area contributed by atoms with Gasteiger partial charge in [0, 0.05) is 57.6 Å². The van der Waals surface area contributed by atoms with Gasteiger partial charge in [-0.1, -0.05) is 13.8 Å². The molecule has 0 radical (unpaired) electrons. The predicted molar refractivity (Wildman–Crippen MR) is 138 cm³/mol. The number of carbonyl (C=O) groups is 1. The zero-order valence-corrected chi connectivity index (χ0v) is 21.8. The normalized spacial score (nSPS) is 18.9. The van der Waals surface area contributed by atoms with E-state index in [1.807, 2.05) is 6.07 Å². The maximum Gasteiger partial charge on any atom is 0.409 e. The number of methoxy groups -OCH3 is 1. The molecule has 1 fully saturated rings. The van der Waals surface area contributed by atoms with Crippen molar-refractivity contribution in [1.82, 2.24) is 14.7 Å². The van der Waals surface area contributed by atoms with Crippen LogP contribution in [0, 0.1) is 11.3 Å². The first kappa shape index (κ1) is 24.4. The minimum Gasteiger partial charge on any atom is -0.453 e. The minimum absolute atomic E-state index is 0.292. The average Bonchev–Trinajstić information content (AvgIpc) is 3.30. The summed E-state index contributed by atoms with van der Waals surface area (Å²) < 4.78 is 12.9. The molecule has 1 unspecified atom stereocenters. The van der Waals surface area contributed by atoms with Gasteiger partial charge in [-0.3, -0.25) is 4.68 Å². The van der Waals surface area contributed by atoms with Crippen LogP contribution in [0.4, 0.5) is 22.0 Å². The maximum atomic E-state index is 12.4. The summed E-state index contributed by atoms with van der Waals surface area (Å²) in [7, 11) is 3.54. The fourth-order valence-electron chi connectivity index (χ4n) is 5.71. The van der Waals surface area contributed by atoms with Gasteiger partial charge in [0.25, 0.3) is 0 Å². The van der Waals surface area contributed by atoms with Crippen LogP contribution in [0.5, 0.6) is 0 Å². The van der Waals surface area contributed by atoms with E-state index in [2.05, 4.69) is 47.5 Å². The number of hydrogen-bond acceptors (Lipinski definition) is 7. The first-order chi connectivity index (χ1) is 17.5. The largest absolute Gasteiger partial charge is 0.453 e. The number of ether oxygens (including phenoxy) is 2. The molecule has 1 saturated heterocycles. The summed E-state index contributed by atoms with van der Waals surface area (Å²) in [6.07, 6.45) is 3.28. The standard InChI is InChI=1S/C27H36N6O3/c1-5-18(2)21-15-24-25(14-19(21)16-28)32(11-10-30(24)3)26-22-17-31(27(34)35-4)9-6-23(22)33(29-26)20-7-12-36-13-8-20/h14-15,18,20H,5-13,17H2,1-4H3. The summed E-state index contributed by atoms with van der Waals surface area (Å²) in [6, 6.07) is 6.96. The Kier molecular flexibility index (Phi) is 6.80. The molecule has 0 N–H and O–H groups in total. The van der Waals surface area contributed by atoms with Crippen molar-refractivity contribution in [1.29, 1.82) is 5.26 Å². The number of anilines is 3. The van der Waals surface area contributed by atoms with Gasteiger partial charge in [0.1, 0.15) is 0 Å². The third-order valence-electron chi connectivity index (χ3n) is 8.06. The molecule has 5 rings (SSSR count). The summed E-state index contributed by atoms with van der Waals surface area (Å²) in [5.41, 5.74) is 6.22. The molecule has 36 heavy (non-hydrogen) atoms. The number of nitriles is 1. The molecule has 9 heteroatoms. The van der Waals surface area contributed by atoms with E-state index in [1.165, 1.54) is 12.8 Å². The van der Waals surface area contributed by atoms with Crippen LogP contribution in [0.1, 0.15) is 67.5 Å². The molecule has 3 aliphatic heterocycles. The Morgan fingerprint density at radius 1 is 1.25 bits per heavy atom. The van der Waals surface area contributed by atoms with Crippen LogP contribution in [0.3, 0.4) is 0 Å². The molecule has 0 spiro atoms. The SMILES string of the molecule is CCC(C)c1cc2c(cc1C#N)N(c1nn(C3CCOCC3)c3c1CN(C(=O)OC)CC3)CCN2C. The molecule has 4 heterocycles. The van der Waals surface area contributed by atoms with Crippen LogP contribution in [-0.4, -0.2) is 67.8 Å². The number of nitrogens with zero attached hydrogens (tertiary/aromatic N) is 6. The highest BCUT2D eigenvalue weighted by Crippen LogP contribution is 2.43. The van der Waals surface area contributed by atoms with Gasteiger partial charge < -0.3 is 24.2 Å². The molecule has 1 aromatic carbocycles. The fraction of sp³-hybridized carbons (Fsp3) is 0.593. The van der Waals surface area contributed by atoms with Crippen LogP contribution < -0.4 is 9.80 Å². The third-order valence-corrected chi connectivity index (χ3v) is 8.06. The van der Waals surface area contributed by atoms with Crippen molar-refractivity contribution in [2.24, 2.45) is 0 Å². The molecular weight excluding hydrogens is 456 g/mol. The molecule has 0 saturated carbocycles. The van der Waals surface area contributed by atoms with Gasteiger partial charge in [-0.15, -0.1) is 0 Å². The molecule has 3 aliphatic rings. The van der Waals surface area contributed by atoms with E-state index in [0.29, 0.717) is 25.0 Å². The van der Waals surface area contributed by atoms with E-state index in [9.17, 15) is 10.1 Å². The molecule has 2 aromatic rings. The van der Waals surface area contributed by atoms with E-state index in [0.717, 1.165) is 85.9 Å². The Morgan fingerprint density at radius 3 is 2.72 bits per heavy atom. The summed E-state index contributed by atoms with van der Waals surface area (Å²) in [5, 5.41) is 15.2. The second-order valence-electron chi connectivity index (χ2n) is 10.1. The molecule has 9 nitrogen and oxygen atoms in total. The highest BCUT2D eigenvalue weighted by molar-refractivity contribution is 5.82. The van der Waals surface area contributed by atoms with E-state index < -0.39 is 0 Å². The van der Waals surface area contributed by atoms with Gasteiger partial charge in [-0.25, -0.2) is 4.79 Å². The van der Waals surface area contributed by atoms with E-state index in [1.54, 1.807) is 4.90 Å². The van der Waals surface area contributed by atoms with Crippen molar-refractivity contribution in [3.8, 4) is 6.07 Å². The lowest BCUT2D eigenvalue weighted by atomic mass is 9.92. The number of amides is 1. The Balaban J connectivity index is 1.63. The average molecular weight is 493 g/mol. The lowest BCUT2D eigenvalue weighted by Gasteiger charge is -2.37. The van der Waals surface area contributed by atoms with E-state index in [4.69, 9.17) is 14.6 Å². The topological polar surface area (TPSA) is 86.9 Å². The van der Waals surface area contributed by atoms with Crippen LogP contribution >= 0.6 is 0 Å². The number of fused-ring (bicyclic) bond motifs is 2. The summed E-state index contributed by atoms with van der Waals surface area (Å²) in [5.74, 6) is 1.20. The lowest BCUT2D eigenvalue weighted by Crippen LogP contribution is -2.39. The highest BCUT2D eigenvalue weighted by atomic mass is 16.5. The zero-order chi connectivity index (χ0) is 25.4. The highest BCUT2D eigenvalue weighted by Gasteiger charge is 2.35. The second-order valence-corrected chi connectivity index (χ2v) is 10.1. The van der Waals surface area contributed by atoms with Crippen molar-refractivity contribution in [3.05, 3.63) is 34.5 Å². The van der Waals surface area contributed by atoms with Gasteiger partial charge in [0.2, 0.25) is 0 Å². The molecular formula is C27H36N6O3. The Morgan fingerprint density at radius 2 is 2.03 bits per heavy atom. The predicted octanol–water partition coefficient (Wildman–Crippen LogP) is 4.33. The first-order valence-electron chi connectivity index (χ1n) is 13.0. The second kappa shape index (κ2) is 10.0. The Labute approximate surface area is 213 Å². The maximum absolute atomic E-state index is 12.4. The minimum atomic E-state index is -0.311. The van der Waals surface area contributed by atoms with Gasteiger partial charge in [0.15, 0.2) is 5.82 Å². The number of rotatable bonds is 4. The van der Waals surface area contributed by atoms with Gasteiger partial charge >= 0.3 is 6.09 Å². The number of aromatic nitrogens is 2. The van der Waals surface area contributed by atoms with Crippen molar-refractivity contribution in [3.63, 3.8) is 0 Å².